The Morgan fingerprint density at radius 1 is 1.18 bits per heavy atom. The molecule has 1 aromatic heterocycles. The van der Waals surface area contributed by atoms with Crippen LogP contribution in [-0.2, 0) is 14.8 Å². The van der Waals surface area contributed by atoms with Crippen LogP contribution in [-0.4, -0.2) is 19.3 Å². The molecule has 1 heterocycles. The molecule has 1 aromatic carbocycles. The molecule has 1 amide bonds. The van der Waals surface area contributed by atoms with E-state index in [1.165, 1.54) is 24.4 Å². The number of primary sulfonamides is 1. The van der Waals surface area contributed by atoms with Gasteiger partial charge in [-0.15, -0.1) is 0 Å². The van der Waals surface area contributed by atoms with Gasteiger partial charge in [-0.05, 0) is 42.0 Å². The zero-order chi connectivity index (χ0) is 20.5. The molecule has 0 spiro atoms. The summed E-state index contributed by atoms with van der Waals surface area (Å²) < 4.78 is 50.0. The number of hydrogen-bond acceptors (Lipinski definition) is 4. The number of nitrogens with one attached hydrogen (secondary N) is 1. The maximum absolute atomic E-state index is 13.7. The van der Waals surface area contributed by atoms with Crippen molar-refractivity contribution in [2.24, 2.45) is 17.0 Å². The van der Waals surface area contributed by atoms with Crippen LogP contribution in [0.2, 0.25) is 0 Å². The highest BCUT2D eigenvalue weighted by Gasteiger charge is 2.36. The molecule has 6 nitrogen and oxygen atoms in total. The van der Waals surface area contributed by atoms with Gasteiger partial charge < -0.3 is 5.32 Å². The zero-order valence-corrected chi connectivity index (χ0v) is 16.0. The van der Waals surface area contributed by atoms with Gasteiger partial charge in [0, 0.05) is 23.9 Å². The first-order chi connectivity index (χ1) is 13.2. The molecule has 9 heteroatoms. The van der Waals surface area contributed by atoms with E-state index < -0.39 is 27.6 Å². The summed E-state index contributed by atoms with van der Waals surface area (Å²) in [6.45, 7) is 1.98. The van der Waals surface area contributed by atoms with Crippen molar-refractivity contribution < 1.29 is 22.0 Å². The lowest BCUT2D eigenvalue weighted by Crippen LogP contribution is -2.34. The van der Waals surface area contributed by atoms with Crippen LogP contribution in [0, 0.1) is 23.5 Å². The van der Waals surface area contributed by atoms with Crippen LogP contribution in [0.4, 0.5) is 14.5 Å². The van der Waals surface area contributed by atoms with E-state index in [2.05, 4.69) is 10.3 Å². The summed E-state index contributed by atoms with van der Waals surface area (Å²) in [7, 11) is -4.00. The van der Waals surface area contributed by atoms with E-state index >= 15 is 0 Å². The average molecular weight is 409 g/mol. The number of sulfonamides is 1. The average Bonchev–Trinajstić information content (AvgIpc) is 2.63. The van der Waals surface area contributed by atoms with Crippen LogP contribution in [0.3, 0.4) is 0 Å². The summed E-state index contributed by atoms with van der Waals surface area (Å²) >= 11 is 0. The fraction of sp³-hybridized carbons (Fsp3) is 0.368. The molecule has 3 atom stereocenters. The monoisotopic (exact) mass is 409 g/mol. The number of aromatic nitrogens is 1. The summed E-state index contributed by atoms with van der Waals surface area (Å²) in [5.74, 6) is -2.82. The van der Waals surface area contributed by atoms with Crippen molar-refractivity contribution in [1.82, 2.24) is 4.98 Å². The third-order valence-electron chi connectivity index (χ3n) is 5.18. The number of benzene rings is 1. The van der Waals surface area contributed by atoms with Crippen molar-refractivity contribution in [2.75, 3.05) is 5.32 Å². The fourth-order valence-corrected chi connectivity index (χ4v) is 4.37. The van der Waals surface area contributed by atoms with Crippen molar-refractivity contribution in [2.45, 2.75) is 37.1 Å². The largest absolute Gasteiger partial charge is 0.326 e. The van der Waals surface area contributed by atoms with Crippen molar-refractivity contribution in [1.29, 1.82) is 0 Å². The molecular weight excluding hydrogens is 388 g/mol. The number of hydrogen-bond donors (Lipinski definition) is 2. The molecule has 1 aliphatic rings. The third kappa shape index (κ3) is 4.36. The van der Waals surface area contributed by atoms with Crippen LogP contribution >= 0.6 is 0 Å². The van der Waals surface area contributed by atoms with Gasteiger partial charge in [0.05, 0.1) is 0 Å². The normalized spacial score (nSPS) is 22.6. The number of pyridine rings is 1. The van der Waals surface area contributed by atoms with Gasteiger partial charge in [0.15, 0.2) is 16.7 Å². The molecule has 3 rings (SSSR count). The first kappa shape index (κ1) is 20.3. The van der Waals surface area contributed by atoms with Gasteiger partial charge in [0.25, 0.3) is 10.0 Å². The van der Waals surface area contributed by atoms with Crippen LogP contribution in [0.15, 0.2) is 41.6 Å². The van der Waals surface area contributed by atoms with Gasteiger partial charge in [0.2, 0.25) is 5.91 Å². The minimum absolute atomic E-state index is 0.104. The smallest absolute Gasteiger partial charge is 0.255 e. The Morgan fingerprint density at radius 3 is 2.61 bits per heavy atom. The van der Waals surface area contributed by atoms with Gasteiger partial charge in [-0.1, -0.05) is 25.8 Å². The van der Waals surface area contributed by atoms with E-state index in [1.807, 2.05) is 6.92 Å². The van der Waals surface area contributed by atoms with Crippen molar-refractivity contribution in [3.8, 4) is 0 Å². The maximum atomic E-state index is 13.7. The number of nitrogens with two attached hydrogens (primary N) is 1. The molecule has 0 aliphatic heterocycles. The summed E-state index contributed by atoms with van der Waals surface area (Å²) in [6.07, 6.45) is 3.54. The molecule has 28 heavy (non-hydrogen) atoms. The lowest BCUT2D eigenvalue weighted by atomic mass is 9.69. The Balaban J connectivity index is 1.87. The lowest BCUT2D eigenvalue weighted by Gasteiger charge is -2.36. The van der Waals surface area contributed by atoms with E-state index in [4.69, 9.17) is 5.14 Å². The topological polar surface area (TPSA) is 102 Å². The molecule has 0 bridgehead atoms. The maximum Gasteiger partial charge on any atom is 0.255 e. The second kappa shape index (κ2) is 7.92. The Hall–Kier alpha value is -2.39. The molecule has 1 fully saturated rings. The Bertz CT molecular complexity index is 998. The summed E-state index contributed by atoms with van der Waals surface area (Å²) in [6, 6.07) is 6.38. The van der Waals surface area contributed by atoms with Gasteiger partial charge in [-0.3, -0.25) is 4.79 Å². The van der Waals surface area contributed by atoms with E-state index in [9.17, 15) is 22.0 Å². The van der Waals surface area contributed by atoms with Crippen molar-refractivity contribution in [3.05, 3.63) is 53.7 Å². The minimum Gasteiger partial charge on any atom is -0.326 e. The molecule has 2 aromatic rings. The summed E-state index contributed by atoms with van der Waals surface area (Å²) in [5, 5.41) is 7.43. The van der Waals surface area contributed by atoms with Gasteiger partial charge >= 0.3 is 0 Å². The van der Waals surface area contributed by atoms with E-state index in [0.29, 0.717) is 12.0 Å². The third-order valence-corrected chi connectivity index (χ3v) is 5.99. The Labute approximate surface area is 162 Å². The molecule has 3 N–H and O–H groups in total. The number of nitrogens with zero attached hydrogens (tertiary/aromatic N) is 1. The van der Waals surface area contributed by atoms with Crippen LogP contribution in [0.25, 0.3) is 0 Å². The van der Waals surface area contributed by atoms with Crippen molar-refractivity contribution >= 4 is 21.6 Å². The predicted molar refractivity (Wildman–Crippen MR) is 99.8 cm³/mol. The lowest BCUT2D eigenvalue weighted by molar-refractivity contribution is -0.122. The highest BCUT2D eigenvalue weighted by molar-refractivity contribution is 7.89. The Kier molecular flexibility index (Phi) is 5.76. The minimum atomic E-state index is -4.00. The van der Waals surface area contributed by atoms with E-state index in [0.717, 1.165) is 25.0 Å². The zero-order valence-electron chi connectivity index (χ0n) is 15.2. The number of amides is 1. The first-order valence-electron chi connectivity index (χ1n) is 8.91. The SMILES string of the molecule is CC1CCC[C@H](C(=O)Nc2ccnc(S(N)(=O)=O)c2)C1c1ccc(F)c(F)c1. The highest BCUT2D eigenvalue weighted by atomic mass is 32.2. The summed E-state index contributed by atoms with van der Waals surface area (Å²) in [5.41, 5.74) is 0.831. The molecule has 2 unspecified atom stereocenters. The van der Waals surface area contributed by atoms with Crippen LogP contribution < -0.4 is 10.5 Å². The number of anilines is 1. The fourth-order valence-electron chi connectivity index (χ4n) is 3.87. The van der Waals surface area contributed by atoms with Gasteiger partial charge in [-0.2, -0.15) is 0 Å². The second-order valence-corrected chi connectivity index (χ2v) is 8.64. The first-order valence-corrected chi connectivity index (χ1v) is 10.5. The van der Waals surface area contributed by atoms with Crippen molar-refractivity contribution in [3.63, 3.8) is 0 Å². The molecular formula is C19H21F2N3O3S. The molecule has 1 saturated carbocycles. The predicted octanol–water partition coefficient (Wildman–Crippen LogP) is 3.17. The highest BCUT2D eigenvalue weighted by Crippen LogP contribution is 2.42. The van der Waals surface area contributed by atoms with E-state index in [-0.39, 0.29) is 28.5 Å². The summed E-state index contributed by atoms with van der Waals surface area (Å²) in [4.78, 5) is 16.6. The Morgan fingerprint density at radius 2 is 1.93 bits per heavy atom. The van der Waals surface area contributed by atoms with Crippen LogP contribution in [0.5, 0.6) is 0 Å². The molecule has 1 aliphatic carbocycles. The molecule has 150 valence electrons. The number of carbonyl (C=O) groups is 1. The molecule has 0 radical (unpaired) electrons. The van der Waals surface area contributed by atoms with Crippen LogP contribution in [0.1, 0.15) is 37.7 Å². The molecule has 0 saturated heterocycles. The number of halogens is 2. The second-order valence-electron chi connectivity index (χ2n) is 7.13. The van der Waals surface area contributed by atoms with Gasteiger partial charge in [0.1, 0.15) is 0 Å². The number of rotatable bonds is 4. The number of carbonyl (C=O) groups excluding carboxylic acids is 1. The van der Waals surface area contributed by atoms with E-state index in [1.54, 1.807) is 0 Å². The van der Waals surface area contributed by atoms with Gasteiger partial charge in [-0.25, -0.2) is 27.3 Å². The standard InChI is InChI=1S/C19H21F2N3O3S/c1-11-3-2-4-14(18(11)12-5-6-15(20)16(21)9-12)19(25)24-13-7-8-23-17(10-13)28(22,26)27/h5-11,14,18H,2-4H2,1H3,(H2,22,26,27)(H,23,24,25)/t11?,14-,18?/m0/s1. The quantitative estimate of drug-likeness (QED) is 0.810.